The molecule has 8 nitrogen and oxygen atoms in total. The topological polar surface area (TPSA) is 97.3 Å². The van der Waals surface area contributed by atoms with Crippen molar-refractivity contribution in [1.82, 2.24) is 10.2 Å². The molecule has 3 rings (SSSR count). The number of alkyl halides is 6. The number of amides is 3. The first-order chi connectivity index (χ1) is 19.0. The summed E-state index contributed by atoms with van der Waals surface area (Å²) in [5.74, 6) is -3.30. The van der Waals surface area contributed by atoms with Gasteiger partial charge < -0.3 is 14.9 Å². The number of aryl methyl sites for hydroxylation is 1. The molecule has 0 aliphatic carbocycles. The molecular weight excluding hydrogens is 607 g/mol. The molecule has 0 bridgehead atoms. The Labute approximate surface area is 239 Å². The van der Waals surface area contributed by atoms with Gasteiger partial charge in [-0.3, -0.25) is 19.3 Å². The number of benzene rings is 2. The van der Waals surface area contributed by atoms with E-state index in [1.807, 2.05) is 0 Å². The quantitative estimate of drug-likeness (QED) is 0.407. The molecule has 1 N–H and O–H groups in total. The number of carbonyl (C=O) groups is 3. The van der Waals surface area contributed by atoms with Crippen LogP contribution in [-0.4, -0.2) is 67.5 Å². The third kappa shape index (κ3) is 7.49. The number of halogens is 8. The van der Waals surface area contributed by atoms with Crippen molar-refractivity contribution in [1.29, 1.82) is 0 Å². The summed E-state index contributed by atoms with van der Waals surface area (Å²) in [6.07, 6.45) is -10.4. The van der Waals surface area contributed by atoms with Gasteiger partial charge in [-0.1, -0.05) is 34.4 Å². The zero-order chi connectivity index (χ0) is 30.8. The van der Waals surface area contributed by atoms with E-state index in [1.165, 1.54) is 31.2 Å². The summed E-state index contributed by atoms with van der Waals surface area (Å²) < 4.78 is 84.9. The molecule has 0 saturated heterocycles. The number of oxime groups is 1. The van der Waals surface area contributed by atoms with Crippen LogP contribution in [0.2, 0.25) is 10.0 Å². The van der Waals surface area contributed by atoms with Crippen molar-refractivity contribution in [2.45, 2.75) is 31.3 Å². The largest absolute Gasteiger partial charge is 0.435 e. The van der Waals surface area contributed by atoms with Crippen LogP contribution < -0.4 is 5.32 Å². The molecule has 1 aliphatic heterocycles. The molecule has 1 heterocycles. The molecule has 0 fully saturated rings. The number of nitrogens with one attached hydrogen (secondary N) is 1. The van der Waals surface area contributed by atoms with E-state index in [2.05, 4.69) is 9.89 Å². The van der Waals surface area contributed by atoms with E-state index < -0.39 is 61.8 Å². The van der Waals surface area contributed by atoms with Gasteiger partial charge in [0.1, 0.15) is 19.7 Å². The lowest BCUT2D eigenvalue weighted by Crippen LogP contribution is -2.47. The maximum Gasteiger partial charge on any atom is 0.435 e. The predicted molar refractivity (Wildman–Crippen MR) is 135 cm³/mol. The molecule has 1 unspecified atom stereocenters. The van der Waals surface area contributed by atoms with E-state index in [-0.39, 0.29) is 38.0 Å². The number of hydrogen-bond acceptors (Lipinski definition) is 6. The predicted octanol–water partition coefficient (Wildman–Crippen LogP) is 5.18. The fourth-order valence-corrected chi connectivity index (χ4v) is 4.47. The van der Waals surface area contributed by atoms with Crippen LogP contribution in [0.4, 0.5) is 26.3 Å². The van der Waals surface area contributed by atoms with E-state index in [9.17, 15) is 40.7 Å². The minimum absolute atomic E-state index is 0.0495. The van der Waals surface area contributed by atoms with Crippen LogP contribution in [0, 0.1) is 6.92 Å². The number of imide groups is 1. The second-order valence-electron chi connectivity index (χ2n) is 8.93. The smallest absolute Gasteiger partial charge is 0.375 e. The fourth-order valence-electron chi connectivity index (χ4n) is 3.95. The van der Waals surface area contributed by atoms with Gasteiger partial charge in [-0.15, -0.1) is 0 Å². The first-order valence-corrected chi connectivity index (χ1v) is 12.3. The van der Waals surface area contributed by atoms with Crippen LogP contribution in [0.5, 0.6) is 0 Å². The van der Waals surface area contributed by atoms with Crippen LogP contribution in [0.15, 0.2) is 41.6 Å². The Bertz CT molecular complexity index is 1360. The van der Waals surface area contributed by atoms with Gasteiger partial charge in [0, 0.05) is 34.7 Å². The van der Waals surface area contributed by atoms with Gasteiger partial charge >= 0.3 is 12.4 Å². The number of rotatable bonds is 8. The summed E-state index contributed by atoms with van der Waals surface area (Å²) in [7, 11) is 1.13. The van der Waals surface area contributed by atoms with Crippen LogP contribution >= 0.6 is 23.2 Å². The highest BCUT2D eigenvalue weighted by molar-refractivity contribution is 6.34. The molecular formula is C25H21Cl2F6N3O5. The molecule has 0 radical (unpaired) electrons. The van der Waals surface area contributed by atoms with Crippen LogP contribution in [0.3, 0.4) is 0 Å². The summed E-state index contributed by atoms with van der Waals surface area (Å²) in [4.78, 5) is 43.0. The van der Waals surface area contributed by atoms with E-state index >= 15 is 0 Å². The molecule has 3 amide bonds. The highest BCUT2D eigenvalue weighted by Crippen LogP contribution is 2.49. The molecule has 222 valence electrons. The number of methoxy groups -OCH3 is 1. The van der Waals surface area contributed by atoms with E-state index in [4.69, 9.17) is 28.0 Å². The molecule has 1 aliphatic rings. The van der Waals surface area contributed by atoms with Gasteiger partial charge in [0.25, 0.3) is 17.4 Å². The van der Waals surface area contributed by atoms with Crippen molar-refractivity contribution in [2.75, 3.05) is 26.8 Å². The van der Waals surface area contributed by atoms with Gasteiger partial charge in [0.15, 0.2) is 0 Å². The second-order valence-corrected chi connectivity index (χ2v) is 9.80. The van der Waals surface area contributed by atoms with Crippen molar-refractivity contribution in [3.05, 3.63) is 68.7 Å². The standard InChI is InChI=1S/C25H21Cl2F6N3O5/c1-13-5-14(19-9-23(41-35-19,25(31,32)33)15-6-16(26)8-17(27)7-15)3-4-18(13)22(39)36(21(38)11-40-2)10-20(37)34-12-24(28,29)30/h3-8H,9-12H2,1-2H3,(H,34,37). The Kier molecular flexibility index (Phi) is 9.61. The lowest BCUT2D eigenvalue weighted by molar-refractivity contribution is -0.275. The maximum absolute atomic E-state index is 14.3. The number of ether oxygens (including phenoxy) is 1. The molecule has 1 atom stereocenters. The zero-order valence-electron chi connectivity index (χ0n) is 21.3. The van der Waals surface area contributed by atoms with E-state index in [0.29, 0.717) is 4.90 Å². The van der Waals surface area contributed by atoms with Gasteiger partial charge in [0.2, 0.25) is 5.91 Å². The normalized spacial score (nSPS) is 17.1. The summed E-state index contributed by atoms with van der Waals surface area (Å²) in [6.45, 7) is -1.96. The third-order valence-electron chi connectivity index (χ3n) is 5.91. The number of hydrogen-bond donors (Lipinski definition) is 1. The molecule has 2 aromatic carbocycles. The van der Waals surface area contributed by atoms with Gasteiger partial charge in [-0.05, 0) is 48.4 Å². The molecule has 2 aromatic rings. The molecule has 0 saturated carbocycles. The lowest BCUT2D eigenvalue weighted by Gasteiger charge is -2.29. The third-order valence-corrected chi connectivity index (χ3v) is 6.34. The minimum atomic E-state index is -4.94. The summed E-state index contributed by atoms with van der Waals surface area (Å²) >= 11 is 11.8. The average Bonchev–Trinajstić information content (AvgIpc) is 3.32. The number of carbonyl (C=O) groups excluding carboxylic acids is 3. The minimum Gasteiger partial charge on any atom is -0.375 e. The van der Waals surface area contributed by atoms with Crippen molar-refractivity contribution in [2.24, 2.45) is 5.16 Å². The second kappa shape index (κ2) is 12.2. The Morgan fingerprint density at radius 1 is 1.07 bits per heavy atom. The summed E-state index contributed by atoms with van der Waals surface area (Å²) in [5.41, 5.74) is -3.23. The summed E-state index contributed by atoms with van der Waals surface area (Å²) in [6, 6.07) is 7.12. The first-order valence-electron chi connectivity index (χ1n) is 11.5. The van der Waals surface area contributed by atoms with Crippen LogP contribution in [-0.2, 0) is 24.8 Å². The van der Waals surface area contributed by atoms with E-state index in [1.54, 1.807) is 5.32 Å². The molecule has 16 heteroatoms. The van der Waals surface area contributed by atoms with Gasteiger partial charge in [-0.2, -0.15) is 26.3 Å². The molecule has 0 spiro atoms. The lowest BCUT2D eigenvalue weighted by atomic mass is 9.86. The van der Waals surface area contributed by atoms with Crippen molar-refractivity contribution >= 4 is 46.6 Å². The summed E-state index contributed by atoms with van der Waals surface area (Å²) in [5, 5.41) is 5.11. The van der Waals surface area contributed by atoms with Crippen molar-refractivity contribution in [3.8, 4) is 0 Å². The Morgan fingerprint density at radius 2 is 1.71 bits per heavy atom. The monoisotopic (exact) mass is 627 g/mol. The van der Waals surface area contributed by atoms with Crippen molar-refractivity contribution < 1.29 is 50.3 Å². The van der Waals surface area contributed by atoms with E-state index in [0.717, 1.165) is 19.2 Å². The molecule has 41 heavy (non-hydrogen) atoms. The average molecular weight is 628 g/mol. The van der Waals surface area contributed by atoms with Gasteiger partial charge in [0.05, 0.1) is 5.71 Å². The zero-order valence-corrected chi connectivity index (χ0v) is 22.8. The Balaban J connectivity index is 1.88. The van der Waals surface area contributed by atoms with Crippen LogP contribution in [0.1, 0.15) is 33.5 Å². The highest BCUT2D eigenvalue weighted by atomic mass is 35.5. The van der Waals surface area contributed by atoms with Crippen molar-refractivity contribution in [3.63, 3.8) is 0 Å². The SMILES string of the molecule is COCC(=O)N(CC(=O)NCC(F)(F)F)C(=O)c1ccc(C2=NOC(c3cc(Cl)cc(Cl)c3)(C(F)(F)F)C2)cc1C. The first kappa shape index (κ1) is 32.2. The highest BCUT2D eigenvalue weighted by Gasteiger charge is 2.62. The molecule has 0 aromatic heterocycles. The van der Waals surface area contributed by atoms with Crippen LogP contribution in [0.25, 0.3) is 0 Å². The van der Waals surface area contributed by atoms with Gasteiger partial charge in [-0.25, -0.2) is 0 Å². The Hall–Kier alpha value is -3.36. The number of nitrogens with zero attached hydrogens (tertiary/aromatic N) is 2. The Morgan fingerprint density at radius 3 is 2.24 bits per heavy atom. The fraction of sp³-hybridized carbons (Fsp3) is 0.360. The maximum atomic E-state index is 14.3.